The van der Waals surface area contributed by atoms with E-state index in [1.807, 2.05) is 13.8 Å². The van der Waals surface area contributed by atoms with Crippen LogP contribution in [0.2, 0.25) is 0 Å². The molecule has 0 atom stereocenters. The molecule has 2 heterocycles. The molecule has 3 aromatic rings. The highest BCUT2D eigenvalue weighted by molar-refractivity contribution is 9.10. The molecule has 2 aromatic heterocycles. The monoisotopic (exact) mass is 419 g/mol. The standard InChI is InChI=1S/C18H19BrFN5O/c1-4-24-10-14(19)17(23-24)18(26)21-16-11(2)22-25(12(16)3)9-13-7-5-6-8-15(13)20/h5-8,10H,4,9H2,1-3H3,(H,21,26). The Kier molecular flexibility index (Phi) is 5.22. The second-order valence-electron chi connectivity index (χ2n) is 5.93. The van der Waals surface area contributed by atoms with Crippen molar-refractivity contribution in [1.29, 1.82) is 0 Å². The summed E-state index contributed by atoms with van der Waals surface area (Å²) in [5.74, 6) is -0.597. The Balaban J connectivity index is 1.85. The van der Waals surface area contributed by atoms with Crippen LogP contribution in [0.1, 0.15) is 34.4 Å². The maximum Gasteiger partial charge on any atom is 0.277 e. The van der Waals surface area contributed by atoms with Crippen LogP contribution in [0.3, 0.4) is 0 Å². The number of amides is 1. The van der Waals surface area contributed by atoms with E-state index in [1.165, 1.54) is 6.07 Å². The van der Waals surface area contributed by atoms with Gasteiger partial charge in [0.25, 0.3) is 5.91 Å². The fraction of sp³-hybridized carbons (Fsp3) is 0.278. The molecule has 8 heteroatoms. The van der Waals surface area contributed by atoms with Crippen LogP contribution in [0.25, 0.3) is 0 Å². The average Bonchev–Trinajstić information content (AvgIpc) is 3.11. The predicted octanol–water partition coefficient (Wildman–Crippen LogP) is 3.92. The van der Waals surface area contributed by atoms with Crippen LogP contribution in [0.15, 0.2) is 34.9 Å². The highest BCUT2D eigenvalue weighted by Gasteiger charge is 2.20. The van der Waals surface area contributed by atoms with Gasteiger partial charge >= 0.3 is 0 Å². The van der Waals surface area contributed by atoms with Crippen LogP contribution in [-0.2, 0) is 13.1 Å². The van der Waals surface area contributed by atoms with Gasteiger partial charge in [0.15, 0.2) is 5.69 Å². The van der Waals surface area contributed by atoms with Gasteiger partial charge in [-0.25, -0.2) is 4.39 Å². The van der Waals surface area contributed by atoms with Crippen LogP contribution >= 0.6 is 15.9 Å². The molecule has 0 bridgehead atoms. The van der Waals surface area contributed by atoms with E-state index in [-0.39, 0.29) is 11.7 Å². The summed E-state index contributed by atoms with van der Waals surface area (Å²) in [7, 11) is 0. The SMILES string of the molecule is CCn1cc(Br)c(C(=O)Nc2c(C)nn(Cc3ccccc3F)c2C)n1. The number of nitrogens with one attached hydrogen (secondary N) is 1. The van der Waals surface area contributed by atoms with Gasteiger partial charge in [-0.1, -0.05) is 18.2 Å². The van der Waals surface area contributed by atoms with Crippen molar-refractivity contribution in [1.82, 2.24) is 19.6 Å². The number of aryl methyl sites for hydroxylation is 2. The molecule has 0 radical (unpaired) electrons. The van der Waals surface area contributed by atoms with Crippen molar-refractivity contribution < 1.29 is 9.18 Å². The molecule has 26 heavy (non-hydrogen) atoms. The zero-order valence-electron chi connectivity index (χ0n) is 14.8. The van der Waals surface area contributed by atoms with E-state index in [2.05, 4.69) is 31.4 Å². The summed E-state index contributed by atoms with van der Waals surface area (Å²) in [5.41, 5.74) is 2.89. The molecular formula is C18H19BrFN5O. The van der Waals surface area contributed by atoms with E-state index in [9.17, 15) is 9.18 Å². The number of benzene rings is 1. The zero-order valence-corrected chi connectivity index (χ0v) is 16.3. The quantitative estimate of drug-likeness (QED) is 0.681. The second kappa shape index (κ2) is 7.41. The Bertz CT molecular complexity index is 963. The first kappa shape index (κ1) is 18.3. The Labute approximate surface area is 159 Å². The molecule has 0 aliphatic heterocycles. The maximum atomic E-state index is 13.9. The van der Waals surface area contributed by atoms with Crippen LogP contribution in [0, 0.1) is 19.7 Å². The number of halogens is 2. The molecule has 0 unspecified atom stereocenters. The number of hydrogen-bond donors (Lipinski definition) is 1. The first-order valence-electron chi connectivity index (χ1n) is 8.22. The molecule has 0 spiro atoms. The summed E-state index contributed by atoms with van der Waals surface area (Å²) in [5, 5.41) is 11.6. The lowest BCUT2D eigenvalue weighted by Gasteiger charge is -2.07. The van der Waals surface area contributed by atoms with Crippen LogP contribution in [0.4, 0.5) is 10.1 Å². The molecular weight excluding hydrogens is 401 g/mol. The van der Waals surface area contributed by atoms with Crippen molar-refractivity contribution in [3.8, 4) is 0 Å². The van der Waals surface area contributed by atoms with E-state index in [0.717, 1.165) is 5.69 Å². The third-order valence-electron chi connectivity index (χ3n) is 4.15. The van der Waals surface area contributed by atoms with E-state index in [4.69, 9.17) is 0 Å². The van der Waals surface area contributed by atoms with E-state index in [1.54, 1.807) is 40.7 Å². The normalized spacial score (nSPS) is 11.0. The van der Waals surface area contributed by atoms with Crippen LogP contribution in [0.5, 0.6) is 0 Å². The predicted molar refractivity (Wildman–Crippen MR) is 101 cm³/mol. The van der Waals surface area contributed by atoms with Crippen molar-refractivity contribution in [2.24, 2.45) is 0 Å². The Morgan fingerprint density at radius 2 is 2.00 bits per heavy atom. The summed E-state index contributed by atoms with van der Waals surface area (Å²) in [4.78, 5) is 12.6. The molecule has 1 aromatic carbocycles. The summed E-state index contributed by atoms with van der Waals surface area (Å²) >= 11 is 3.36. The molecule has 0 aliphatic rings. The van der Waals surface area contributed by atoms with Gasteiger partial charge in [0.05, 0.1) is 28.1 Å². The van der Waals surface area contributed by atoms with Gasteiger partial charge in [0, 0.05) is 18.3 Å². The number of carbonyl (C=O) groups excluding carboxylic acids is 1. The van der Waals surface area contributed by atoms with Gasteiger partial charge in [-0.2, -0.15) is 10.2 Å². The molecule has 136 valence electrons. The molecule has 0 fully saturated rings. The van der Waals surface area contributed by atoms with Crippen LogP contribution in [-0.4, -0.2) is 25.5 Å². The fourth-order valence-electron chi connectivity index (χ4n) is 2.71. The van der Waals surface area contributed by atoms with E-state index >= 15 is 0 Å². The van der Waals surface area contributed by atoms with E-state index < -0.39 is 0 Å². The van der Waals surface area contributed by atoms with Crippen molar-refractivity contribution >= 4 is 27.5 Å². The minimum Gasteiger partial charge on any atom is -0.317 e. The Hall–Kier alpha value is -2.48. The lowest BCUT2D eigenvalue weighted by Crippen LogP contribution is -2.15. The number of nitrogens with zero attached hydrogens (tertiary/aromatic N) is 4. The molecule has 1 amide bonds. The molecule has 0 aliphatic carbocycles. The van der Waals surface area contributed by atoms with E-state index in [0.29, 0.717) is 40.2 Å². The molecule has 0 saturated carbocycles. The molecule has 0 saturated heterocycles. The van der Waals surface area contributed by atoms with Gasteiger partial charge in [-0.05, 0) is 42.8 Å². The van der Waals surface area contributed by atoms with Gasteiger partial charge in [-0.15, -0.1) is 0 Å². The number of hydrogen-bond acceptors (Lipinski definition) is 3. The van der Waals surface area contributed by atoms with Crippen molar-refractivity contribution in [3.05, 3.63) is 63.4 Å². The van der Waals surface area contributed by atoms with Crippen molar-refractivity contribution in [2.45, 2.75) is 33.9 Å². The lowest BCUT2D eigenvalue weighted by molar-refractivity contribution is 0.102. The molecule has 3 rings (SSSR count). The van der Waals surface area contributed by atoms with Gasteiger partial charge in [0.1, 0.15) is 5.82 Å². The summed E-state index contributed by atoms with van der Waals surface area (Å²) in [6, 6.07) is 6.58. The largest absolute Gasteiger partial charge is 0.317 e. The van der Waals surface area contributed by atoms with Gasteiger partial charge in [-0.3, -0.25) is 14.2 Å². The summed E-state index contributed by atoms with van der Waals surface area (Å²) < 4.78 is 17.9. The van der Waals surface area contributed by atoms with Crippen molar-refractivity contribution in [2.75, 3.05) is 5.32 Å². The third kappa shape index (κ3) is 3.55. The number of anilines is 1. The number of rotatable bonds is 5. The lowest BCUT2D eigenvalue weighted by atomic mass is 10.2. The summed E-state index contributed by atoms with van der Waals surface area (Å²) in [6.07, 6.45) is 1.76. The highest BCUT2D eigenvalue weighted by Crippen LogP contribution is 2.23. The fourth-order valence-corrected chi connectivity index (χ4v) is 3.20. The topological polar surface area (TPSA) is 64.7 Å². The Morgan fingerprint density at radius 3 is 2.65 bits per heavy atom. The molecule has 6 nitrogen and oxygen atoms in total. The van der Waals surface area contributed by atoms with Gasteiger partial charge in [0.2, 0.25) is 0 Å². The van der Waals surface area contributed by atoms with Crippen LogP contribution < -0.4 is 5.32 Å². The number of carbonyl (C=O) groups is 1. The number of aromatic nitrogens is 4. The first-order chi connectivity index (χ1) is 12.4. The summed E-state index contributed by atoms with van der Waals surface area (Å²) in [6.45, 7) is 6.56. The van der Waals surface area contributed by atoms with Crippen molar-refractivity contribution in [3.63, 3.8) is 0 Å². The minimum absolute atomic E-state index is 0.278. The zero-order chi connectivity index (χ0) is 18.8. The van der Waals surface area contributed by atoms with Gasteiger partial charge < -0.3 is 5.32 Å². The average molecular weight is 420 g/mol. The second-order valence-corrected chi connectivity index (χ2v) is 6.78. The Morgan fingerprint density at radius 1 is 1.27 bits per heavy atom. The minimum atomic E-state index is -0.319. The molecule has 1 N–H and O–H groups in total. The first-order valence-corrected chi connectivity index (χ1v) is 9.01. The maximum absolute atomic E-state index is 13.9. The highest BCUT2D eigenvalue weighted by atomic mass is 79.9. The third-order valence-corrected chi connectivity index (χ3v) is 4.73. The smallest absolute Gasteiger partial charge is 0.277 e.